The van der Waals surface area contributed by atoms with Crippen LogP contribution in [0.4, 0.5) is 0 Å². The van der Waals surface area contributed by atoms with Crippen molar-refractivity contribution in [3.05, 3.63) is 30.3 Å². The number of hydrogen-bond acceptors (Lipinski definition) is 4. The molecule has 2 heterocycles. The summed E-state index contributed by atoms with van der Waals surface area (Å²) < 4.78 is 5.74. The average Bonchev–Trinajstić information content (AvgIpc) is 2.63. The number of carbonyl (C=O) groups excluding carboxylic acids is 1. The maximum atomic E-state index is 12.8. The van der Waals surface area contributed by atoms with Crippen molar-refractivity contribution in [2.75, 3.05) is 26.2 Å². The van der Waals surface area contributed by atoms with Crippen molar-refractivity contribution >= 4 is 5.91 Å². The topological polar surface area (TPSA) is 53.0 Å². The van der Waals surface area contributed by atoms with Crippen LogP contribution in [0, 0.1) is 0 Å². The van der Waals surface area contributed by atoms with Crippen molar-refractivity contribution in [1.82, 2.24) is 9.80 Å². The molecule has 1 aromatic carbocycles. The lowest BCUT2D eigenvalue weighted by molar-refractivity contribution is -0.140. The van der Waals surface area contributed by atoms with E-state index in [1.807, 2.05) is 30.3 Å². The van der Waals surface area contributed by atoms with Crippen LogP contribution in [0.2, 0.25) is 0 Å². The van der Waals surface area contributed by atoms with Crippen LogP contribution in [0.1, 0.15) is 46.0 Å². The Labute approximate surface area is 156 Å². The molecule has 0 saturated carbocycles. The van der Waals surface area contributed by atoms with E-state index in [2.05, 4.69) is 23.6 Å². The third-order valence-electron chi connectivity index (χ3n) is 5.88. The van der Waals surface area contributed by atoms with Gasteiger partial charge in [0.15, 0.2) is 0 Å². The van der Waals surface area contributed by atoms with Gasteiger partial charge in [-0.3, -0.25) is 9.69 Å². The largest absolute Gasteiger partial charge is 0.491 e. The molecule has 2 aliphatic rings. The fourth-order valence-electron chi connectivity index (χ4n) is 4.19. The molecule has 1 amide bonds. The van der Waals surface area contributed by atoms with Gasteiger partial charge in [0, 0.05) is 25.2 Å². The zero-order valence-corrected chi connectivity index (χ0v) is 16.1. The van der Waals surface area contributed by atoms with E-state index in [1.54, 1.807) is 0 Å². The molecule has 1 N–H and O–H groups in total. The first-order chi connectivity index (χ1) is 12.5. The highest BCUT2D eigenvalue weighted by Gasteiger charge is 2.35. The molecule has 3 rings (SSSR count). The Kier molecular flexibility index (Phi) is 6.20. The number of para-hydroxylation sites is 1. The number of benzene rings is 1. The summed E-state index contributed by atoms with van der Waals surface area (Å²) in [5, 5.41) is 10.8. The predicted octanol–water partition coefficient (Wildman–Crippen LogP) is 2.68. The number of ether oxygens (including phenoxy) is 1. The van der Waals surface area contributed by atoms with Crippen molar-refractivity contribution in [1.29, 1.82) is 0 Å². The van der Waals surface area contributed by atoms with E-state index in [-0.39, 0.29) is 5.91 Å². The van der Waals surface area contributed by atoms with Crippen molar-refractivity contribution in [3.63, 3.8) is 0 Å². The van der Waals surface area contributed by atoms with Gasteiger partial charge in [0.1, 0.15) is 18.0 Å². The zero-order chi connectivity index (χ0) is 18.6. The standard InChI is InChI=1S/C21H32N2O3/c1-17-7-6-8-18(2)23(17)20(24)15-22-13-11-21(25,12-14-22)16-26-19-9-4-3-5-10-19/h3-5,9-10,17-18,25H,6-8,11-16H2,1-2H3. The molecule has 2 aliphatic heterocycles. The summed E-state index contributed by atoms with van der Waals surface area (Å²) >= 11 is 0. The fraction of sp³-hybridized carbons (Fsp3) is 0.667. The van der Waals surface area contributed by atoms with E-state index in [4.69, 9.17) is 4.74 Å². The van der Waals surface area contributed by atoms with Gasteiger partial charge in [-0.05, 0) is 58.1 Å². The summed E-state index contributed by atoms with van der Waals surface area (Å²) in [6.45, 7) is 6.55. The van der Waals surface area contributed by atoms with E-state index >= 15 is 0 Å². The molecule has 5 nitrogen and oxygen atoms in total. The number of amides is 1. The van der Waals surface area contributed by atoms with Gasteiger partial charge in [0.25, 0.3) is 0 Å². The van der Waals surface area contributed by atoms with Gasteiger partial charge in [-0.2, -0.15) is 0 Å². The Hall–Kier alpha value is -1.59. The molecule has 26 heavy (non-hydrogen) atoms. The van der Waals surface area contributed by atoms with E-state index in [1.165, 1.54) is 6.42 Å². The first kappa shape index (κ1) is 19.2. The highest BCUT2D eigenvalue weighted by atomic mass is 16.5. The van der Waals surface area contributed by atoms with Crippen LogP contribution in [0.3, 0.4) is 0 Å². The molecular weight excluding hydrogens is 328 g/mol. The number of piperidine rings is 2. The van der Waals surface area contributed by atoms with Crippen molar-refractivity contribution in [2.45, 2.75) is 63.6 Å². The molecule has 0 aliphatic carbocycles. The fourth-order valence-corrected chi connectivity index (χ4v) is 4.19. The van der Waals surface area contributed by atoms with Gasteiger partial charge < -0.3 is 14.7 Å². The predicted molar refractivity (Wildman–Crippen MR) is 102 cm³/mol. The van der Waals surface area contributed by atoms with Gasteiger partial charge >= 0.3 is 0 Å². The average molecular weight is 360 g/mol. The number of aliphatic hydroxyl groups is 1. The number of nitrogens with zero attached hydrogens (tertiary/aromatic N) is 2. The molecule has 5 heteroatoms. The van der Waals surface area contributed by atoms with Gasteiger partial charge in [0.05, 0.1) is 6.54 Å². The van der Waals surface area contributed by atoms with Gasteiger partial charge in [-0.25, -0.2) is 0 Å². The molecule has 144 valence electrons. The summed E-state index contributed by atoms with van der Waals surface area (Å²) in [6, 6.07) is 10.3. The minimum atomic E-state index is -0.804. The Bertz CT molecular complexity index is 574. The second kappa shape index (κ2) is 8.40. The maximum absolute atomic E-state index is 12.8. The van der Waals surface area contributed by atoms with Crippen molar-refractivity contribution in [3.8, 4) is 5.75 Å². The van der Waals surface area contributed by atoms with E-state index in [9.17, 15) is 9.90 Å². The second-order valence-corrected chi connectivity index (χ2v) is 8.03. The third kappa shape index (κ3) is 4.77. The third-order valence-corrected chi connectivity index (χ3v) is 5.88. The molecule has 2 atom stereocenters. The Morgan fingerprint density at radius 3 is 2.38 bits per heavy atom. The van der Waals surface area contributed by atoms with Gasteiger partial charge in [-0.1, -0.05) is 18.2 Å². The molecule has 2 saturated heterocycles. The first-order valence-corrected chi connectivity index (χ1v) is 9.91. The number of rotatable bonds is 5. The Balaban J connectivity index is 1.46. The molecule has 2 unspecified atom stereocenters. The van der Waals surface area contributed by atoms with Crippen LogP contribution in [-0.2, 0) is 4.79 Å². The minimum Gasteiger partial charge on any atom is -0.491 e. The maximum Gasteiger partial charge on any atom is 0.237 e. The van der Waals surface area contributed by atoms with Crippen LogP contribution in [-0.4, -0.2) is 64.7 Å². The van der Waals surface area contributed by atoms with E-state index < -0.39 is 5.60 Å². The lowest BCUT2D eigenvalue weighted by Crippen LogP contribution is -2.54. The van der Waals surface area contributed by atoms with Gasteiger partial charge in [0.2, 0.25) is 5.91 Å². The highest BCUT2D eigenvalue weighted by Crippen LogP contribution is 2.26. The van der Waals surface area contributed by atoms with Crippen LogP contribution in [0.5, 0.6) is 5.75 Å². The number of hydrogen-bond donors (Lipinski definition) is 1. The van der Waals surface area contributed by atoms with Crippen LogP contribution in [0.15, 0.2) is 30.3 Å². The molecule has 0 aromatic heterocycles. The summed E-state index contributed by atoms with van der Waals surface area (Å²) in [4.78, 5) is 17.0. The molecule has 0 bridgehead atoms. The molecule has 0 radical (unpaired) electrons. The molecule has 1 aromatic rings. The summed E-state index contributed by atoms with van der Waals surface area (Å²) in [6.07, 6.45) is 4.69. The number of likely N-dealkylation sites (tertiary alicyclic amines) is 2. The smallest absolute Gasteiger partial charge is 0.237 e. The normalized spacial score (nSPS) is 26.5. The first-order valence-electron chi connectivity index (χ1n) is 9.91. The number of carbonyl (C=O) groups is 1. The van der Waals surface area contributed by atoms with Crippen LogP contribution < -0.4 is 4.74 Å². The summed E-state index contributed by atoms with van der Waals surface area (Å²) in [5.74, 6) is 1.02. The molecule has 2 fully saturated rings. The molecular formula is C21H32N2O3. The van der Waals surface area contributed by atoms with Crippen molar-refractivity contribution in [2.24, 2.45) is 0 Å². The van der Waals surface area contributed by atoms with Gasteiger partial charge in [-0.15, -0.1) is 0 Å². The summed E-state index contributed by atoms with van der Waals surface area (Å²) in [7, 11) is 0. The Morgan fingerprint density at radius 2 is 1.77 bits per heavy atom. The van der Waals surface area contributed by atoms with Crippen molar-refractivity contribution < 1.29 is 14.6 Å². The van der Waals surface area contributed by atoms with Crippen LogP contribution in [0.25, 0.3) is 0 Å². The van der Waals surface area contributed by atoms with Crippen LogP contribution >= 0.6 is 0 Å². The van der Waals surface area contributed by atoms with E-state index in [0.29, 0.717) is 38.1 Å². The zero-order valence-electron chi connectivity index (χ0n) is 16.1. The monoisotopic (exact) mass is 360 g/mol. The highest BCUT2D eigenvalue weighted by molar-refractivity contribution is 5.79. The SMILES string of the molecule is CC1CCCC(C)N1C(=O)CN1CCC(O)(COc2ccccc2)CC1. The lowest BCUT2D eigenvalue weighted by atomic mass is 9.92. The van der Waals surface area contributed by atoms with E-state index in [0.717, 1.165) is 31.7 Å². The lowest BCUT2D eigenvalue weighted by Gasteiger charge is -2.42. The molecule has 0 spiro atoms. The quantitative estimate of drug-likeness (QED) is 0.877. The second-order valence-electron chi connectivity index (χ2n) is 8.03. The minimum absolute atomic E-state index is 0.232. The Morgan fingerprint density at radius 1 is 1.15 bits per heavy atom. The summed E-state index contributed by atoms with van der Waals surface area (Å²) in [5.41, 5.74) is -0.804.